The fourth-order valence-corrected chi connectivity index (χ4v) is 4.46. The van der Waals surface area contributed by atoms with Crippen molar-refractivity contribution in [3.63, 3.8) is 0 Å². The Bertz CT molecular complexity index is 600. The van der Waals surface area contributed by atoms with Crippen LogP contribution in [0.2, 0.25) is 0 Å². The molecule has 0 bridgehead atoms. The van der Waals surface area contributed by atoms with Crippen molar-refractivity contribution in [1.82, 2.24) is 4.90 Å². The van der Waals surface area contributed by atoms with E-state index in [1.165, 1.54) is 51.5 Å². The summed E-state index contributed by atoms with van der Waals surface area (Å²) in [7, 11) is -3.59. The molecule has 1 aromatic rings. The number of morpholine rings is 1. The summed E-state index contributed by atoms with van der Waals surface area (Å²) in [6.07, 6.45) is 12.2. The van der Waals surface area contributed by atoms with Crippen LogP contribution in [-0.2, 0) is 19.0 Å². The predicted octanol–water partition coefficient (Wildman–Crippen LogP) is 4.63. The minimum absolute atomic E-state index is 0.236. The molecule has 160 valence electrons. The molecule has 2 rings (SSSR count). The first-order chi connectivity index (χ1) is 13.7. The van der Waals surface area contributed by atoms with Gasteiger partial charge in [0.1, 0.15) is 0 Å². The number of unbranched alkanes of at least 4 members (excludes halogenated alkanes) is 9. The van der Waals surface area contributed by atoms with E-state index < -0.39 is 10.1 Å². The molecule has 1 heterocycles. The molecular formula is C22H37NO4S. The van der Waals surface area contributed by atoms with Crippen molar-refractivity contribution in [2.75, 3.05) is 39.5 Å². The van der Waals surface area contributed by atoms with Crippen molar-refractivity contribution < 1.29 is 17.3 Å². The minimum Gasteiger partial charge on any atom is -0.379 e. The molecule has 6 heteroatoms. The molecule has 28 heavy (non-hydrogen) atoms. The third kappa shape index (κ3) is 10.0. The molecule has 0 radical (unpaired) electrons. The summed E-state index contributed by atoms with van der Waals surface area (Å²) < 4.78 is 34.4. The van der Waals surface area contributed by atoms with Crippen LogP contribution < -0.4 is 0 Å². The van der Waals surface area contributed by atoms with Gasteiger partial charge in [0.2, 0.25) is 0 Å². The van der Waals surface area contributed by atoms with Crippen molar-refractivity contribution in [2.45, 2.75) is 69.1 Å². The van der Waals surface area contributed by atoms with Gasteiger partial charge in [-0.1, -0.05) is 69.6 Å². The van der Waals surface area contributed by atoms with Gasteiger partial charge in [0.25, 0.3) is 10.1 Å². The lowest BCUT2D eigenvalue weighted by Gasteiger charge is -2.26. The fraction of sp³-hybridized carbons (Fsp3) is 0.727. The maximum Gasteiger partial charge on any atom is 0.296 e. The third-order valence-corrected chi connectivity index (χ3v) is 6.57. The molecule has 1 fully saturated rings. The summed E-state index contributed by atoms with van der Waals surface area (Å²) in [5.74, 6) is 0. The van der Waals surface area contributed by atoms with E-state index in [-0.39, 0.29) is 11.5 Å². The van der Waals surface area contributed by atoms with E-state index in [0.717, 1.165) is 45.6 Å². The first-order valence-electron chi connectivity index (χ1n) is 10.9. The molecule has 5 nitrogen and oxygen atoms in total. The normalized spacial score (nSPS) is 15.7. The van der Waals surface area contributed by atoms with Gasteiger partial charge in [-0.05, 0) is 31.5 Å². The maximum atomic E-state index is 12.0. The zero-order valence-electron chi connectivity index (χ0n) is 17.2. The van der Waals surface area contributed by atoms with Crippen LogP contribution >= 0.6 is 0 Å². The third-order valence-electron chi connectivity index (χ3n) is 5.24. The second-order valence-electron chi connectivity index (χ2n) is 7.58. The SMILES string of the molecule is O=S(=O)(OCCCCCCCCCCCCN1CCOCC1)c1ccccc1. The Morgan fingerprint density at radius 1 is 0.786 bits per heavy atom. The van der Waals surface area contributed by atoms with Gasteiger partial charge in [0, 0.05) is 13.1 Å². The van der Waals surface area contributed by atoms with E-state index in [1.807, 2.05) is 0 Å². The Kier molecular flexibility index (Phi) is 11.7. The van der Waals surface area contributed by atoms with Gasteiger partial charge in [0.15, 0.2) is 0 Å². The molecule has 0 aliphatic carbocycles. The van der Waals surface area contributed by atoms with Gasteiger partial charge in [-0.2, -0.15) is 8.42 Å². The van der Waals surface area contributed by atoms with Gasteiger partial charge in [-0.3, -0.25) is 9.08 Å². The van der Waals surface area contributed by atoms with Crippen molar-refractivity contribution in [2.24, 2.45) is 0 Å². The lowest BCUT2D eigenvalue weighted by molar-refractivity contribution is 0.0371. The smallest absolute Gasteiger partial charge is 0.296 e. The van der Waals surface area contributed by atoms with E-state index in [9.17, 15) is 8.42 Å². The number of rotatable bonds is 15. The predicted molar refractivity (Wildman–Crippen MR) is 113 cm³/mol. The molecule has 0 unspecified atom stereocenters. The molecule has 0 aromatic heterocycles. The van der Waals surface area contributed by atoms with Gasteiger partial charge in [-0.25, -0.2) is 0 Å². The Balaban J connectivity index is 1.34. The van der Waals surface area contributed by atoms with Crippen LogP contribution in [-0.4, -0.2) is 52.8 Å². The summed E-state index contributed by atoms with van der Waals surface area (Å²) in [6, 6.07) is 8.35. The maximum absolute atomic E-state index is 12.0. The van der Waals surface area contributed by atoms with Crippen molar-refractivity contribution in [3.8, 4) is 0 Å². The minimum atomic E-state index is -3.59. The average Bonchev–Trinajstić information content (AvgIpc) is 2.73. The molecule has 1 aliphatic rings. The van der Waals surface area contributed by atoms with Crippen molar-refractivity contribution in [1.29, 1.82) is 0 Å². The summed E-state index contributed by atoms with van der Waals surface area (Å²) in [5.41, 5.74) is 0. The molecule has 1 aliphatic heterocycles. The summed E-state index contributed by atoms with van der Waals surface area (Å²) in [6.45, 7) is 5.50. The number of ether oxygens (including phenoxy) is 1. The lowest BCUT2D eigenvalue weighted by Crippen LogP contribution is -2.36. The monoisotopic (exact) mass is 411 g/mol. The van der Waals surface area contributed by atoms with Crippen LogP contribution in [0, 0.1) is 0 Å². The second-order valence-corrected chi connectivity index (χ2v) is 9.19. The Labute approximate surface area is 171 Å². The quantitative estimate of drug-likeness (QED) is 0.311. The summed E-state index contributed by atoms with van der Waals surface area (Å²) in [4.78, 5) is 2.75. The largest absolute Gasteiger partial charge is 0.379 e. The van der Waals surface area contributed by atoms with Gasteiger partial charge in [-0.15, -0.1) is 0 Å². The number of nitrogens with zero attached hydrogens (tertiary/aromatic N) is 1. The Morgan fingerprint density at radius 3 is 1.93 bits per heavy atom. The lowest BCUT2D eigenvalue weighted by atomic mass is 10.1. The highest BCUT2D eigenvalue weighted by Crippen LogP contribution is 2.14. The molecule has 0 spiro atoms. The van der Waals surface area contributed by atoms with Crippen LogP contribution in [0.5, 0.6) is 0 Å². The first kappa shape index (κ1) is 23.3. The molecule has 0 N–H and O–H groups in total. The Morgan fingerprint density at radius 2 is 1.32 bits per heavy atom. The number of hydrogen-bond donors (Lipinski definition) is 0. The van der Waals surface area contributed by atoms with Crippen molar-refractivity contribution in [3.05, 3.63) is 30.3 Å². The number of hydrogen-bond acceptors (Lipinski definition) is 5. The molecule has 0 atom stereocenters. The van der Waals surface area contributed by atoms with E-state index in [1.54, 1.807) is 30.3 Å². The van der Waals surface area contributed by atoms with E-state index >= 15 is 0 Å². The van der Waals surface area contributed by atoms with Crippen LogP contribution in [0.25, 0.3) is 0 Å². The highest BCUT2D eigenvalue weighted by Gasteiger charge is 2.13. The first-order valence-corrected chi connectivity index (χ1v) is 12.3. The van der Waals surface area contributed by atoms with Gasteiger partial charge >= 0.3 is 0 Å². The Hall–Kier alpha value is -0.950. The van der Waals surface area contributed by atoms with Crippen molar-refractivity contribution >= 4 is 10.1 Å². The van der Waals surface area contributed by atoms with E-state index in [0.29, 0.717) is 0 Å². The summed E-state index contributed by atoms with van der Waals surface area (Å²) in [5, 5.41) is 0. The molecule has 1 aromatic carbocycles. The molecular weight excluding hydrogens is 374 g/mol. The van der Waals surface area contributed by atoms with E-state index in [4.69, 9.17) is 8.92 Å². The van der Waals surface area contributed by atoms with Crippen LogP contribution in [0.15, 0.2) is 35.2 Å². The van der Waals surface area contributed by atoms with E-state index in [2.05, 4.69) is 4.90 Å². The van der Waals surface area contributed by atoms with Crippen LogP contribution in [0.3, 0.4) is 0 Å². The molecule has 1 saturated heterocycles. The topological polar surface area (TPSA) is 55.8 Å². The zero-order valence-corrected chi connectivity index (χ0v) is 18.0. The fourth-order valence-electron chi connectivity index (χ4n) is 3.50. The number of benzene rings is 1. The van der Waals surface area contributed by atoms with Crippen LogP contribution in [0.1, 0.15) is 64.2 Å². The van der Waals surface area contributed by atoms with Crippen LogP contribution in [0.4, 0.5) is 0 Å². The average molecular weight is 412 g/mol. The molecule has 0 amide bonds. The molecule has 0 saturated carbocycles. The highest BCUT2D eigenvalue weighted by atomic mass is 32.2. The zero-order chi connectivity index (χ0) is 19.9. The highest BCUT2D eigenvalue weighted by molar-refractivity contribution is 7.86. The van der Waals surface area contributed by atoms with Gasteiger partial charge in [0.05, 0.1) is 24.7 Å². The summed E-state index contributed by atoms with van der Waals surface area (Å²) >= 11 is 0. The van der Waals surface area contributed by atoms with Gasteiger partial charge < -0.3 is 4.74 Å². The second kappa shape index (κ2) is 14.1. The standard InChI is InChI=1S/C22H37NO4S/c24-28(25,22-14-10-9-11-15-22)27-19-13-8-6-4-2-1-3-5-7-12-16-23-17-20-26-21-18-23/h9-11,14-15H,1-8,12-13,16-21H2.